The monoisotopic (exact) mass is 498 g/mol. The number of amides is 1. The highest BCUT2D eigenvalue weighted by molar-refractivity contribution is 6.01. The number of nitrogens with one attached hydrogen (secondary N) is 1. The topological polar surface area (TPSA) is 92.4 Å². The standard InChI is InChI=1S/C27H25F3N2O4/c1-17-23-15-21(11-12-22(23)24(33)36-32-17)31-25(34)26(35,16-19-5-3-2-4-6-19)14-13-18-7-9-20(10-8-18)27(28,29)30/h7-12,15,19,35H,2-6,16H2,1H3,(H,31,34). The number of aliphatic hydroxyl groups is 1. The molecule has 1 saturated carbocycles. The van der Waals surface area contributed by atoms with Crippen molar-refractivity contribution in [1.82, 2.24) is 5.16 Å². The number of aromatic nitrogens is 1. The van der Waals surface area contributed by atoms with Crippen molar-refractivity contribution in [3.05, 3.63) is 69.7 Å². The lowest BCUT2D eigenvalue weighted by Gasteiger charge is -2.29. The largest absolute Gasteiger partial charge is 0.416 e. The average Bonchev–Trinajstić information content (AvgIpc) is 2.85. The van der Waals surface area contributed by atoms with Gasteiger partial charge in [-0.3, -0.25) is 4.79 Å². The van der Waals surface area contributed by atoms with Crippen molar-refractivity contribution in [2.24, 2.45) is 5.92 Å². The smallest absolute Gasteiger partial charge is 0.369 e. The van der Waals surface area contributed by atoms with Crippen LogP contribution in [0.2, 0.25) is 0 Å². The highest BCUT2D eigenvalue weighted by Crippen LogP contribution is 2.32. The Labute approximate surface area is 205 Å². The molecule has 1 aromatic heterocycles. The van der Waals surface area contributed by atoms with Crippen LogP contribution in [0, 0.1) is 24.7 Å². The summed E-state index contributed by atoms with van der Waals surface area (Å²) >= 11 is 0. The van der Waals surface area contributed by atoms with Gasteiger partial charge in [0.15, 0.2) is 0 Å². The molecule has 9 heteroatoms. The van der Waals surface area contributed by atoms with Crippen LogP contribution in [0.1, 0.15) is 55.3 Å². The van der Waals surface area contributed by atoms with Gasteiger partial charge in [0, 0.05) is 16.6 Å². The Morgan fingerprint density at radius 1 is 1.11 bits per heavy atom. The van der Waals surface area contributed by atoms with Gasteiger partial charge in [0.05, 0.1) is 16.6 Å². The highest BCUT2D eigenvalue weighted by Gasteiger charge is 2.37. The Hall–Kier alpha value is -3.64. The number of rotatable bonds is 4. The third-order valence-electron chi connectivity index (χ3n) is 6.46. The van der Waals surface area contributed by atoms with Crippen molar-refractivity contribution in [1.29, 1.82) is 0 Å². The Morgan fingerprint density at radius 2 is 1.81 bits per heavy atom. The van der Waals surface area contributed by atoms with Gasteiger partial charge in [-0.15, -0.1) is 0 Å². The van der Waals surface area contributed by atoms with Crippen LogP contribution >= 0.6 is 0 Å². The van der Waals surface area contributed by atoms with Crippen LogP contribution in [-0.2, 0) is 11.0 Å². The number of hydrogen-bond acceptors (Lipinski definition) is 5. The molecule has 1 fully saturated rings. The number of fused-ring (bicyclic) bond motifs is 1. The van der Waals surface area contributed by atoms with Crippen LogP contribution < -0.4 is 10.9 Å². The molecule has 0 aliphatic heterocycles. The van der Waals surface area contributed by atoms with E-state index in [0.29, 0.717) is 22.2 Å². The normalized spacial score (nSPS) is 16.1. The molecule has 36 heavy (non-hydrogen) atoms. The van der Waals surface area contributed by atoms with Crippen molar-refractivity contribution in [3.63, 3.8) is 0 Å². The van der Waals surface area contributed by atoms with E-state index in [-0.39, 0.29) is 17.9 Å². The first kappa shape index (κ1) is 25.5. The molecule has 0 spiro atoms. The molecule has 0 radical (unpaired) electrons. The number of benzene rings is 2. The van der Waals surface area contributed by atoms with E-state index in [1.54, 1.807) is 13.0 Å². The molecule has 0 bridgehead atoms. The van der Waals surface area contributed by atoms with Gasteiger partial charge < -0.3 is 14.9 Å². The van der Waals surface area contributed by atoms with Crippen LogP contribution in [0.25, 0.3) is 10.8 Å². The van der Waals surface area contributed by atoms with E-state index < -0.39 is 28.9 Å². The van der Waals surface area contributed by atoms with Gasteiger partial charge in [-0.2, -0.15) is 13.2 Å². The summed E-state index contributed by atoms with van der Waals surface area (Å²) in [5.41, 5.74) is -2.44. The molecule has 1 amide bonds. The lowest BCUT2D eigenvalue weighted by atomic mass is 9.80. The third-order valence-corrected chi connectivity index (χ3v) is 6.46. The molecule has 1 aliphatic carbocycles. The SMILES string of the molecule is Cc1noc(=O)c2ccc(NC(=O)C(O)(C#Cc3ccc(C(F)(F)F)cc3)CC3CCCCC3)cc12. The molecule has 3 aromatic rings. The molecule has 1 atom stereocenters. The lowest BCUT2D eigenvalue weighted by Crippen LogP contribution is -2.43. The fourth-order valence-electron chi connectivity index (χ4n) is 4.47. The zero-order chi connectivity index (χ0) is 25.9. The van der Waals surface area contributed by atoms with Crippen LogP contribution in [0.3, 0.4) is 0 Å². The second kappa shape index (κ2) is 10.2. The van der Waals surface area contributed by atoms with E-state index in [4.69, 9.17) is 4.52 Å². The van der Waals surface area contributed by atoms with Crippen molar-refractivity contribution >= 4 is 22.4 Å². The van der Waals surface area contributed by atoms with Crippen LogP contribution in [0.4, 0.5) is 18.9 Å². The van der Waals surface area contributed by atoms with Crippen molar-refractivity contribution in [3.8, 4) is 11.8 Å². The summed E-state index contributed by atoms with van der Waals surface area (Å²) in [6.45, 7) is 1.66. The van der Waals surface area contributed by atoms with Gasteiger partial charge in [-0.25, -0.2) is 4.79 Å². The Morgan fingerprint density at radius 3 is 2.47 bits per heavy atom. The quantitative estimate of drug-likeness (QED) is 0.482. The molecule has 1 heterocycles. The van der Waals surface area contributed by atoms with E-state index in [2.05, 4.69) is 22.3 Å². The van der Waals surface area contributed by atoms with Crippen LogP contribution in [-0.4, -0.2) is 21.8 Å². The number of halogens is 3. The van der Waals surface area contributed by atoms with Crippen molar-refractivity contribution in [2.75, 3.05) is 5.32 Å². The van der Waals surface area contributed by atoms with E-state index in [1.165, 1.54) is 24.3 Å². The Bertz CT molecular complexity index is 1380. The maximum Gasteiger partial charge on any atom is 0.416 e. The van der Waals surface area contributed by atoms with E-state index in [0.717, 1.165) is 44.2 Å². The maximum atomic E-state index is 13.3. The van der Waals surface area contributed by atoms with Gasteiger partial charge in [0.25, 0.3) is 5.91 Å². The number of alkyl halides is 3. The zero-order valence-corrected chi connectivity index (χ0v) is 19.6. The second-order valence-corrected chi connectivity index (χ2v) is 9.16. The lowest BCUT2D eigenvalue weighted by molar-refractivity contribution is -0.137. The highest BCUT2D eigenvalue weighted by atomic mass is 19.4. The molecule has 1 aliphatic rings. The maximum absolute atomic E-state index is 13.3. The summed E-state index contributed by atoms with van der Waals surface area (Å²) in [6, 6.07) is 8.81. The molecular formula is C27H25F3N2O4. The molecule has 4 rings (SSSR count). The summed E-state index contributed by atoms with van der Waals surface area (Å²) in [4.78, 5) is 25.2. The molecule has 188 valence electrons. The minimum atomic E-state index is -4.47. The molecule has 2 aromatic carbocycles. The minimum absolute atomic E-state index is 0.0871. The van der Waals surface area contributed by atoms with Gasteiger partial charge in [-0.1, -0.05) is 49.1 Å². The number of carbonyl (C=O) groups is 1. The van der Waals surface area contributed by atoms with E-state index in [9.17, 15) is 27.9 Å². The number of carbonyl (C=O) groups excluding carboxylic acids is 1. The summed E-state index contributed by atoms with van der Waals surface area (Å²) in [5, 5.41) is 18.6. The molecule has 6 nitrogen and oxygen atoms in total. The predicted octanol–water partition coefficient (Wildman–Crippen LogP) is 5.21. The first-order valence-corrected chi connectivity index (χ1v) is 11.7. The van der Waals surface area contributed by atoms with Crippen molar-refractivity contribution in [2.45, 2.75) is 57.2 Å². The molecule has 2 N–H and O–H groups in total. The average molecular weight is 499 g/mol. The third kappa shape index (κ3) is 5.77. The second-order valence-electron chi connectivity index (χ2n) is 9.16. The fraction of sp³-hybridized carbons (Fsp3) is 0.370. The fourth-order valence-corrected chi connectivity index (χ4v) is 4.47. The first-order valence-electron chi connectivity index (χ1n) is 11.7. The summed E-state index contributed by atoms with van der Waals surface area (Å²) < 4.78 is 43.3. The van der Waals surface area contributed by atoms with Crippen molar-refractivity contribution < 1.29 is 27.6 Å². The number of anilines is 1. The molecule has 0 saturated heterocycles. The predicted molar refractivity (Wildman–Crippen MR) is 128 cm³/mol. The number of aryl methyl sites for hydroxylation is 1. The Balaban J connectivity index is 1.63. The van der Waals surface area contributed by atoms with Crippen LogP contribution in [0.5, 0.6) is 0 Å². The van der Waals surface area contributed by atoms with Gasteiger partial charge in [-0.05, 0) is 61.7 Å². The summed E-state index contributed by atoms with van der Waals surface area (Å²) in [6.07, 6.45) is 0.425. The minimum Gasteiger partial charge on any atom is -0.369 e. The zero-order valence-electron chi connectivity index (χ0n) is 19.6. The van der Waals surface area contributed by atoms with Gasteiger partial charge in [0.1, 0.15) is 0 Å². The summed E-state index contributed by atoms with van der Waals surface area (Å²) in [7, 11) is 0. The number of nitrogens with zero attached hydrogens (tertiary/aromatic N) is 1. The first-order chi connectivity index (χ1) is 17.0. The number of hydrogen-bond donors (Lipinski definition) is 2. The molecule has 1 unspecified atom stereocenters. The van der Waals surface area contributed by atoms with Crippen LogP contribution in [0.15, 0.2) is 51.8 Å². The van der Waals surface area contributed by atoms with E-state index >= 15 is 0 Å². The summed E-state index contributed by atoms with van der Waals surface area (Å²) in [5.74, 6) is 4.64. The Kier molecular flexibility index (Phi) is 7.18. The molecular weight excluding hydrogens is 473 g/mol. The van der Waals surface area contributed by atoms with Gasteiger partial charge in [0.2, 0.25) is 5.60 Å². The van der Waals surface area contributed by atoms with Gasteiger partial charge >= 0.3 is 11.8 Å². The van der Waals surface area contributed by atoms with E-state index in [1.807, 2.05) is 0 Å².